The minimum atomic E-state index is 0.143. The molecule has 1 aromatic heterocycles. The van der Waals surface area contributed by atoms with E-state index in [1.807, 2.05) is 0 Å². The van der Waals surface area contributed by atoms with Crippen molar-refractivity contribution in [1.82, 2.24) is 4.57 Å². The van der Waals surface area contributed by atoms with Crippen LogP contribution in [0.3, 0.4) is 0 Å². The summed E-state index contributed by atoms with van der Waals surface area (Å²) in [6.45, 7) is 3.24. The summed E-state index contributed by atoms with van der Waals surface area (Å²) >= 11 is 0. The molecule has 0 spiro atoms. The first-order chi connectivity index (χ1) is 7.29. The van der Waals surface area contributed by atoms with Gasteiger partial charge in [-0.15, -0.1) is 0 Å². The molecule has 0 bridgehead atoms. The summed E-state index contributed by atoms with van der Waals surface area (Å²) in [4.78, 5) is 0. The zero-order chi connectivity index (χ0) is 10.4. The minimum absolute atomic E-state index is 0.143. The smallest absolute Gasteiger partial charge is 0.0485 e. The maximum Gasteiger partial charge on any atom is 0.0485 e. The number of aromatic nitrogens is 1. The Hall–Kier alpha value is -1.28. The molecule has 2 aromatic rings. The van der Waals surface area contributed by atoms with Crippen LogP contribution < -0.4 is 5.73 Å². The topological polar surface area (TPSA) is 30.9 Å². The highest BCUT2D eigenvalue weighted by Crippen LogP contribution is 2.34. The van der Waals surface area contributed by atoms with Crippen molar-refractivity contribution in [2.45, 2.75) is 32.4 Å². The van der Waals surface area contributed by atoms with Crippen LogP contribution in [0, 0.1) is 0 Å². The van der Waals surface area contributed by atoms with Crippen LogP contribution in [0.1, 0.15) is 30.6 Å². The van der Waals surface area contributed by atoms with Crippen molar-refractivity contribution in [2.24, 2.45) is 5.73 Å². The average molecular weight is 200 g/mol. The van der Waals surface area contributed by atoms with Crippen molar-refractivity contribution in [2.75, 3.05) is 0 Å². The summed E-state index contributed by atoms with van der Waals surface area (Å²) < 4.78 is 2.44. The van der Waals surface area contributed by atoms with Gasteiger partial charge in [0.15, 0.2) is 0 Å². The summed E-state index contributed by atoms with van der Waals surface area (Å²) in [5, 5.41) is 1.35. The number of nitrogens with zero attached hydrogens (tertiary/aromatic N) is 1. The minimum Gasteiger partial charge on any atom is -0.344 e. The lowest BCUT2D eigenvalue weighted by Gasteiger charge is -2.06. The molecule has 1 aromatic carbocycles. The van der Waals surface area contributed by atoms with Gasteiger partial charge in [-0.05, 0) is 31.4 Å². The van der Waals surface area contributed by atoms with Crippen molar-refractivity contribution in [3.8, 4) is 0 Å². The Balaban J connectivity index is 2.41. The monoisotopic (exact) mass is 200 g/mol. The van der Waals surface area contributed by atoms with E-state index in [4.69, 9.17) is 5.73 Å². The summed E-state index contributed by atoms with van der Waals surface area (Å²) in [5.74, 6) is 0. The van der Waals surface area contributed by atoms with Crippen LogP contribution in [0.15, 0.2) is 24.3 Å². The number of benzene rings is 1. The number of hydrogen-bond acceptors (Lipinski definition) is 1. The fourth-order valence-electron chi connectivity index (χ4n) is 2.82. The van der Waals surface area contributed by atoms with E-state index in [2.05, 4.69) is 35.8 Å². The second kappa shape index (κ2) is 3.11. The highest BCUT2D eigenvalue weighted by Gasteiger charge is 2.22. The van der Waals surface area contributed by atoms with Crippen molar-refractivity contribution in [1.29, 1.82) is 0 Å². The highest BCUT2D eigenvalue weighted by atomic mass is 15.0. The third-order valence-corrected chi connectivity index (χ3v) is 3.37. The van der Waals surface area contributed by atoms with Gasteiger partial charge in [0.05, 0.1) is 0 Å². The van der Waals surface area contributed by atoms with Crippen LogP contribution in [-0.4, -0.2) is 4.57 Å². The molecule has 2 N–H and O–H groups in total. The van der Waals surface area contributed by atoms with Gasteiger partial charge in [0.2, 0.25) is 0 Å². The third kappa shape index (κ3) is 1.15. The first-order valence-corrected chi connectivity index (χ1v) is 5.64. The van der Waals surface area contributed by atoms with Gasteiger partial charge in [-0.3, -0.25) is 0 Å². The predicted octanol–water partition coefficient (Wildman–Crippen LogP) is 2.61. The lowest BCUT2D eigenvalue weighted by Crippen LogP contribution is -2.06. The standard InChI is InChI=1S/C13H16N2/c1-9(14)13-10-5-2-3-6-11(10)15-8-4-7-12(13)15/h2-3,5-6,9H,4,7-8,14H2,1H3. The van der Waals surface area contributed by atoms with Crippen LogP contribution in [0.5, 0.6) is 0 Å². The summed E-state index contributed by atoms with van der Waals surface area (Å²) in [6.07, 6.45) is 2.45. The van der Waals surface area contributed by atoms with Crippen molar-refractivity contribution < 1.29 is 0 Å². The molecule has 1 aliphatic heterocycles. The van der Waals surface area contributed by atoms with Gasteiger partial charge in [-0.2, -0.15) is 0 Å². The number of nitrogens with two attached hydrogens (primary N) is 1. The van der Waals surface area contributed by atoms with Crippen molar-refractivity contribution in [3.63, 3.8) is 0 Å². The van der Waals surface area contributed by atoms with Gasteiger partial charge in [0.25, 0.3) is 0 Å². The lowest BCUT2D eigenvalue weighted by molar-refractivity contribution is 0.769. The molecule has 0 aliphatic carbocycles. The lowest BCUT2D eigenvalue weighted by atomic mass is 10.0. The summed E-state index contributed by atoms with van der Waals surface area (Å²) in [5.41, 5.74) is 10.3. The zero-order valence-corrected chi connectivity index (χ0v) is 9.03. The second-order valence-electron chi connectivity index (χ2n) is 4.42. The summed E-state index contributed by atoms with van der Waals surface area (Å²) in [6, 6.07) is 8.75. The fraction of sp³-hybridized carbons (Fsp3) is 0.385. The molecule has 78 valence electrons. The van der Waals surface area contributed by atoms with Crippen LogP contribution in [0.25, 0.3) is 10.9 Å². The molecule has 0 amide bonds. The van der Waals surface area contributed by atoms with E-state index in [-0.39, 0.29) is 6.04 Å². The van der Waals surface area contributed by atoms with E-state index in [0.29, 0.717) is 0 Å². The molecular weight excluding hydrogens is 184 g/mol. The van der Waals surface area contributed by atoms with Gasteiger partial charge in [-0.25, -0.2) is 0 Å². The number of aryl methyl sites for hydroxylation is 1. The number of para-hydroxylation sites is 1. The highest BCUT2D eigenvalue weighted by molar-refractivity contribution is 5.86. The van der Waals surface area contributed by atoms with Gasteiger partial charge >= 0.3 is 0 Å². The Morgan fingerprint density at radius 2 is 2.13 bits per heavy atom. The molecule has 0 radical (unpaired) electrons. The maximum absolute atomic E-state index is 6.08. The predicted molar refractivity (Wildman–Crippen MR) is 62.9 cm³/mol. The fourth-order valence-corrected chi connectivity index (χ4v) is 2.82. The van der Waals surface area contributed by atoms with Crippen LogP contribution in [0.4, 0.5) is 0 Å². The van der Waals surface area contributed by atoms with Crippen molar-refractivity contribution in [3.05, 3.63) is 35.5 Å². The molecule has 0 saturated heterocycles. The molecule has 2 heteroatoms. The van der Waals surface area contributed by atoms with E-state index in [9.17, 15) is 0 Å². The Kier molecular flexibility index (Phi) is 1.86. The van der Waals surface area contributed by atoms with Crippen LogP contribution >= 0.6 is 0 Å². The van der Waals surface area contributed by atoms with Gasteiger partial charge in [0.1, 0.15) is 0 Å². The first-order valence-electron chi connectivity index (χ1n) is 5.64. The van der Waals surface area contributed by atoms with E-state index in [0.717, 1.165) is 6.54 Å². The third-order valence-electron chi connectivity index (χ3n) is 3.37. The SMILES string of the molecule is CC(N)c1c2n(c3ccccc13)CCC2. The van der Waals surface area contributed by atoms with E-state index in [1.165, 1.54) is 35.0 Å². The van der Waals surface area contributed by atoms with Gasteiger partial charge in [0, 0.05) is 29.2 Å². The molecule has 1 unspecified atom stereocenters. The zero-order valence-electron chi connectivity index (χ0n) is 9.03. The van der Waals surface area contributed by atoms with Gasteiger partial charge < -0.3 is 10.3 Å². The Bertz CT molecular complexity index is 508. The Morgan fingerprint density at radius 3 is 2.93 bits per heavy atom. The van der Waals surface area contributed by atoms with Crippen LogP contribution in [0.2, 0.25) is 0 Å². The number of fused-ring (bicyclic) bond motifs is 3. The van der Waals surface area contributed by atoms with Crippen LogP contribution in [-0.2, 0) is 13.0 Å². The molecule has 15 heavy (non-hydrogen) atoms. The molecule has 1 aliphatic rings. The van der Waals surface area contributed by atoms with E-state index < -0.39 is 0 Å². The molecule has 0 saturated carbocycles. The largest absolute Gasteiger partial charge is 0.344 e. The van der Waals surface area contributed by atoms with E-state index >= 15 is 0 Å². The summed E-state index contributed by atoms with van der Waals surface area (Å²) in [7, 11) is 0. The molecule has 0 fully saturated rings. The molecule has 2 heterocycles. The Labute approximate surface area is 89.7 Å². The Morgan fingerprint density at radius 1 is 1.33 bits per heavy atom. The maximum atomic E-state index is 6.08. The van der Waals surface area contributed by atoms with E-state index in [1.54, 1.807) is 0 Å². The molecule has 2 nitrogen and oxygen atoms in total. The first kappa shape index (κ1) is 8.98. The molecule has 3 rings (SSSR count). The quantitative estimate of drug-likeness (QED) is 0.753. The number of hydrogen-bond donors (Lipinski definition) is 1. The normalized spacial score (nSPS) is 16.9. The van der Waals surface area contributed by atoms with Gasteiger partial charge in [-0.1, -0.05) is 18.2 Å². The molecular formula is C13H16N2. The second-order valence-corrected chi connectivity index (χ2v) is 4.42. The molecule has 1 atom stereocenters. The van der Waals surface area contributed by atoms with Crippen molar-refractivity contribution >= 4 is 10.9 Å². The number of rotatable bonds is 1. The average Bonchev–Trinajstić information content (AvgIpc) is 2.75.